The van der Waals surface area contributed by atoms with Crippen LogP contribution in [0.2, 0.25) is 0 Å². The van der Waals surface area contributed by atoms with Gasteiger partial charge in [0.05, 0.1) is 33.0 Å². The number of ether oxygens (including phenoxy) is 11. The lowest BCUT2D eigenvalue weighted by Crippen LogP contribution is -2.54. The summed E-state index contributed by atoms with van der Waals surface area (Å²) in [5.74, 6) is -1.78. The number of unbranched alkanes of at least 4 members (excludes halogenated alkanes) is 2. The van der Waals surface area contributed by atoms with Crippen LogP contribution in [0, 0.1) is 0 Å². The van der Waals surface area contributed by atoms with Gasteiger partial charge in [0, 0.05) is 13.2 Å². The number of carbonyl (C=O) groups is 6. The number of aliphatic hydroxyl groups is 1. The molecule has 0 bridgehead atoms. The van der Waals surface area contributed by atoms with Gasteiger partial charge in [-0.05, 0) is 110 Å². The Labute approximate surface area is 397 Å². The number of hydrogen-bond donors (Lipinski definition) is 1. The van der Waals surface area contributed by atoms with Crippen molar-refractivity contribution in [2.24, 2.45) is 0 Å². The monoisotopic (exact) mass is 963 g/mol. The van der Waals surface area contributed by atoms with Gasteiger partial charge in [-0.25, -0.2) is 28.8 Å². The van der Waals surface area contributed by atoms with Gasteiger partial charge < -0.3 is 57.2 Å². The third kappa shape index (κ3) is 23.2. The maximum absolute atomic E-state index is 13.2. The summed E-state index contributed by atoms with van der Waals surface area (Å²) >= 11 is 0. The number of cyclic esters (lactones) is 2. The summed E-state index contributed by atoms with van der Waals surface area (Å²) in [6.45, 7) is 31.0. The Kier molecular flexibility index (Phi) is 25.3. The van der Waals surface area contributed by atoms with Gasteiger partial charge in [-0.1, -0.05) is 32.8 Å². The number of rotatable bonds is 13. The Morgan fingerprint density at radius 2 is 0.940 bits per heavy atom. The lowest BCUT2D eigenvalue weighted by molar-refractivity contribution is -0.168. The van der Waals surface area contributed by atoms with Crippen LogP contribution in [-0.2, 0) is 61.7 Å². The lowest BCUT2D eigenvalue weighted by Gasteiger charge is -2.32. The predicted molar refractivity (Wildman–Crippen MR) is 244 cm³/mol. The zero-order chi connectivity index (χ0) is 51.5. The molecular formula is C47H82N2O18. The van der Waals surface area contributed by atoms with Crippen molar-refractivity contribution in [3.8, 4) is 0 Å². The van der Waals surface area contributed by atoms with Gasteiger partial charge >= 0.3 is 36.3 Å². The van der Waals surface area contributed by atoms with Crippen LogP contribution in [-0.4, -0.2) is 169 Å². The second-order valence-corrected chi connectivity index (χ2v) is 20.2. The van der Waals surface area contributed by atoms with Crippen LogP contribution in [0.1, 0.15) is 136 Å². The normalized spacial score (nSPS) is 24.4. The second-order valence-electron chi connectivity index (χ2n) is 20.2. The number of amides is 4. The number of esters is 2. The average Bonchev–Trinajstić information content (AvgIpc) is 3.24. The van der Waals surface area contributed by atoms with Crippen molar-refractivity contribution in [3.63, 3.8) is 0 Å². The first-order valence-corrected chi connectivity index (χ1v) is 23.1. The van der Waals surface area contributed by atoms with Gasteiger partial charge in [-0.3, -0.25) is 0 Å². The van der Waals surface area contributed by atoms with E-state index < -0.39 is 107 Å². The molecule has 0 spiro atoms. The van der Waals surface area contributed by atoms with E-state index in [0.717, 1.165) is 25.7 Å². The Morgan fingerprint density at radius 1 is 0.597 bits per heavy atom. The molecule has 0 aromatic rings. The summed E-state index contributed by atoms with van der Waals surface area (Å²) in [4.78, 5) is 79.1. The van der Waals surface area contributed by atoms with Crippen LogP contribution in [0.15, 0.2) is 12.7 Å². The van der Waals surface area contributed by atoms with Crippen molar-refractivity contribution in [2.45, 2.75) is 208 Å². The van der Waals surface area contributed by atoms with Crippen molar-refractivity contribution in [3.05, 3.63) is 12.7 Å². The third-order valence-electron chi connectivity index (χ3n) is 9.01. The van der Waals surface area contributed by atoms with E-state index in [2.05, 4.69) is 6.58 Å². The fourth-order valence-electron chi connectivity index (χ4n) is 5.92. The molecule has 2 rings (SSSR count). The minimum atomic E-state index is -1.47. The van der Waals surface area contributed by atoms with E-state index in [1.807, 2.05) is 13.8 Å². The minimum absolute atomic E-state index is 0.0550. The molecule has 20 heteroatoms. The number of nitrogens with zero attached hydrogens (tertiary/aromatic N) is 2. The first kappa shape index (κ1) is 60.9. The molecule has 1 N–H and O–H groups in total. The zero-order valence-corrected chi connectivity index (χ0v) is 43.0. The SMILES string of the molecule is C=CCO[C@H]1[C@H](C)OC(=O)[C@@H](N(C(=O)OC(C)(C)C)C(=O)OC(C)(C)C)COC[C@@H]1OCCCC.CCCCO[C@H]1COC[C@H](N(C(=O)OC(C)(C)C)C(=O)OC(C)(C)C)C(=O)O[C@@H](C)[C@@H]1O. The molecule has 0 aliphatic carbocycles. The van der Waals surface area contributed by atoms with Crippen LogP contribution in [0.3, 0.4) is 0 Å². The molecule has 0 radical (unpaired) electrons. The molecule has 388 valence electrons. The first-order valence-electron chi connectivity index (χ1n) is 23.1. The highest BCUT2D eigenvalue weighted by Crippen LogP contribution is 2.24. The Morgan fingerprint density at radius 3 is 1.28 bits per heavy atom. The van der Waals surface area contributed by atoms with Gasteiger partial charge in [-0.2, -0.15) is 9.80 Å². The molecule has 2 saturated heterocycles. The van der Waals surface area contributed by atoms with Crippen LogP contribution in [0.25, 0.3) is 0 Å². The minimum Gasteiger partial charge on any atom is -0.458 e. The highest BCUT2D eigenvalue weighted by Gasteiger charge is 2.46. The molecule has 2 aliphatic rings. The van der Waals surface area contributed by atoms with Gasteiger partial charge in [0.15, 0.2) is 12.1 Å². The Hall–Kier alpha value is -4.08. The van der Waals surface area contributed by atoms with E-state index in [0.29, 0.717) is 23.0 Å². The quantitative estimate of drug-likeness (QED) is 0.0827. The van der Waals surface area contributed by atoms with E-state index in [1.165, 1.54) is 6.92 Å². The summed E-state index contributed by atoms with van der Waals surface area (Å²) in [5, 5.41) is 10.6. The van der Waals surface area contributed by atoms with Crippen molar-refractivity contribution in [1.29, 1.82) is 0 Å². The second kappa shape index (κ2) is 27.8. The van der Waals surface area contributed by atoms with Crippen molar-refractivity contribution in [2.75, 3.05) is 46.2 Å². The molecule has 8 atom stereocenters. The van der Waals surface area contributed by atoms with Crippen LogP contribution in [0.4, 0.5) is 19.2 Å². The summed E-state index contributed by atoms with van der Waals surface area (Å²) in [5.41, 5.74) is -3.70. The summed E-state index contributed by atoms with van der Waals surface area (Å²) in [6, 6.07) is -2.90. The van der Waals surface area contributed by atoms with Crippen molar-refractivity contribution < 1.29 is 86.0 Å². The standard InChI is InChI=1S/C25H43NO9.C22H39NO9/c1-10-12-14-31-19-16-30-15-18(21(27)33-17(3)20(19)32-13-11-2)26(22(28)34-24(4,5)6)23(29)35-25(7,8)9;1-9-10-11-29-16-13-28-12-15(18(25)30-14(2)17(16)24)23(19(26)31-21(3,4)5)20(27)32-22(6,7)8/h11,17-20H,2,10,12-16H2,1,3-9H3;14-17,24H,9-13H2,1-8H3/t17-,18-,19-,20-;14-,15-,16-,17-/m00/s1. The van der Waals surface area contributed by atoms with Crippen LogP contribution in [0.5, 0.6) is 0 Å². The number of hydrogen-bond acceptors (Lipinski definition) is 18. The predicted octanol–water partition coefficient (Wildman–Crippen LogP) is 7.28. The highest BCUT2D eigenvalue weighted by molar-refractivity contribution is 5.95. The summed E-state index contributed by atoms with van der Waals surface area (Å²) in [7, 11) is 0. The first-order chi connectivity index (χ1) is 30.9. The van der Waals surface area contributed by atoms with Crippen LogP contribution < -0.4 is 0 Å². The van der Waals surface area contributed by atoms with Crippen molar-refractivity contribution in [1.82, 2.24) is 9.80 Å². The molecule has 2 aliphatic heterocycles. The fourth-order valence-corrected chi connectivity index (χ4v) is 5.92. The maximum Gasteiger partial charge on any atom is 0.420 e. The number of aliphatic hydroxyl groups excluding tert-OH is 1. The molecule has 0 aromatic heterocycles. The average molecular weight is 963 g/mol. The Bertz CT molecular complexity index is 1520. The van der Waals surface area contributed by atoms with E-state index in [4.69, 9.17) is 52.1 Å². The molecule has 0 aromatic carbocycles. The molecule has 0 unspecified atom stereocenters. The van der Waals surface area contributed by atoms with Crippen molar-refractivity contribution >= 4 is 36.3 Å². The number of carbonyl (C=O) groups excluding carboxylic acids is 6. The van der Waals surface area contributed by atoms with Gasteiger partial charge in [0.25, 0.3) is 0 Å². The highest BCUT2D eigenvalue weighted by atomic mass is 16.6. The molecular weight excluding hydrogens is 881 g/mol. The molecule has 0 saturated carbocycles. The van der Waals surface area contributed by atoms with Gasteiger partial charge in [0.1, 0.15) is 59.0 Å². The molecule has 20 nitrogen and oxygen atoms in total. The topological polar surface area (TPSA) is 231 Å². The van der Waals surface area contributed by atoms with E-state index in [1.54, 1.807) is 96.1 Å². The van der Waals surface area contributed by atoms with E-state index >= 15 is 0 Å². The van der Waals surface area contributed by atoms with E-state index in [9.17, 15) is 33.9 Å². The third-order valence-corrected chi connectivity index (χ3v) is 9.01. The smallest absolute Gasteiger partial charge is 0.420 e. The summed E-state index contributed by atoms with van der Waals surface area (Å²) < 4.78 is 61.4. The van der Waals surface area contributed by atoms with Gasteiger partial charge in [0.2, 0.25) is 0 Å². The van der Waals surface area contributed by atoms with Crippen LogP contribution >= 0.6 is 0 Å². The number of imide groups is 2. The molecule has 2 heterocycles. The van der Waals surface area contributed by atoms with Gasteiger partial charge in [-0.15, -0.1) is 6.58 Å². The molecule has 4 amide bonds. The largest absolute Gasteiger partial charge is 0.458 e. The Balaban J connectivity index is 0.000000673. The summed E-state index contributed by atoms with van der Waals surface area (Å²) in [6.07, 6.45) is -3.95. The maximum atomic E-state index is 13.2. The van der Waals surface area contributed by atoms with E-state index in [-0.39, 0.29) is 33.0 Å². The molecule has 2 fully saturated rings. The fraction of sp³-hybridized carbons (Fsp3) is 0.830. The lowest BCUT2D eigenvalue weighted by atomic mass is 10.1. The zero-order valence-electron chi connectivity index (χ0n) is 43.0. The molecule has 67 heavy (non-hydrogen) atoms.